The summed E-state index contributed by atoms with van der Waals surface area (Å²) in [5.74, 6) is 2.83. The molecule has 0 fully saturated rings. The van der Waals surface area contributed by atoms with Gasteiger partial charge < -0.3 is 54.0 Å². The Hall–Kier alpha value is 0.0543. The summed E-state index contributed by atoms with van der Waals surface area (Å²) in [6, 6.07) is 3.71. The third-order valence-corrected chi connectivity index (χ3v) is 1.03. The van der Waals surface area contributed by atoms with Crippen LogP contribution in [0.15, 0.2) is 36.6 Å². The van der Waals surface area contributed by atoms with Crippen LogP contribution in [0.2, 0.25) is 0 Å². The minimum Gasteiger partial charge on any atom is -0.484 e. The predicted molar refractivity (Wildman–Crippen MR) is 128 cm³/mol. The average Bonchev–Trinajstić information content (AvgIpc) is 2.96. The van der Waals surface area contributed by atoms with Gasteiger partial charge in [-0.25, -0.2) is 12.2 Å². The van der Waals surface area contributed by atoms with Crippen molar-refractivity contribution in [2.24, 2.45) is 0 Å². The van der Waals surface area contributed by atoms with Crippen molar-refractivity contribution < 1.29 is 21.7 Å². The molecule has 26 heavy (non-hydrogen) atoms. The van der Waals surface area contributed by atoms with E-state index in [1.807, 2.05) is 30.5 Å². The Bertz CT molecular complexity index is 244. The molecule has 0 aliphatic heterocycles. The van der Waals surface area contributed by atoms with Gasteiger partial charge in [-0.3, -0.25) is 6.08 Å². The number of rotatable bonds is 0. The number of nitrogens with one attached hydrogen (secondary N) is 1. The van der Waals surface area contributed by atoms with Crippen LogP contribution in [0.1, 0.15) is 48.0 Å². The number of halogens is 2. The SMILES string of the molecule is C[C-](C)C.C[C-](C)C.Cl.Cl.[C-]1=CC=CC1.[CH3-].[CH3-].[CH3-].[CH3-].[CH3-].[Ti].[c-]1ccc[nH]1. The summed E-state index contributed by atoms with van der Waals surface area (Å²) in [4.78, 5) is 2.74. The number of H-pyrrole nitrogens is 1. The Morgan fingerprint density at radius 2 is 1.19 bits per heavy atom. The maximum absolute atomic E-state index is 2.99. The molecule has 1 nitrogen and oxygen atoms in total. The van der Waals surface area contributed by atoms with E-state index in [1.165, 1.54) is 11.8 Å². The molecule has 0 amide bonds. The van der Waals surface area contributed by atoms with Crippen molar-refractivity contribution in [2.45, 2.75) is 48.0 Å². The molecule has 0 spiro atoms. The van der Waals surface area contributed by atoms with E-state index in [4.69, 9.17) is 0 Å². The van der Waals surface area contributed by atoms with Gasteiger partial charge in [0.15, 0.2) is 0 Å². The van der Waals surface area contributed by atoms with Crippen LogP contribution >= 0.6 is 24.8 Å². The van der Waals surface area contributed by atoms with Gasteiger partial charge in [-0.15, -0.1) is 37.4 Å². The molecule has 4 heteroatoms. The molecule has 0 saturated carbocycles. The van der Waals surface area contributed by atoms with Gasteiger partial charge in [-0.2, -0.15) is 65.9 Å². The van der Waals surface area contributed by atoms with E-state index in [9.17, 15) is 0 Å². The average molecular weight is 441 g/mol. The monoisotopic (exact) mass is 440 g/mol. The summed E-state index contributed by atoms with van der Waals surface area (Å²) in [7, 11) is 0. The molecule has 0 radical (unpaired) electrons. The largest absolute Gasteiger partial charge is 0.484 e. The van der Waals surface area contributed by atoms with Crippen LogP contribution in [0.4, 0.5) is 0 Å². The van der Waals surface area contributed by atoms with E-state index in [1.54, 1.807) is 0 Å². The zero-order valence-electron chi connectivity index (χ0n) is 19.0. The van der Waals surface area contributed by atoms with Crippen molar-refractivity contribution >= 4 is 24.8 Å². The molecule has 1 aromatic heterocycles. The molecule has 1 aliphatic carbocycles. The van der Waals surface area contributed by atoms with E-state index >= 15 is 0 Å². The minimum absolute atomic E-state index is 0. The van der Waals surface area contributed by atoms with Crippen LogP contribution in [0, 0.1) is 61.2 Å². The van der Waals surface area contributed by atoms with Crippen LogP contribution in [0.25, 0.3) is 0 Å². The first-order valence-electron chi connectivity index (χ1n) is 6.21. The molecular weight excluding hydrogens is 397 g/mol. The van der Waals surface area contributed by atoms with Gasteiger partial charge in [0.25, 0.3) is 0 Å². The third kappa shape index (κ3) is 126. The van der Waals surface area contributed by atoms with Crippen LogP contribution in [-0.2, 0) is 21.7 Å². The summed E-state index contributed by atoms with van der Waals surface area (Å²) in [6.45, 7) is 12.5. The van der Waals surface area contributed by atoms with Gasteiger partial charge in [0.1, 0.15) is 0 Å². The summed E-state index contributed by atoms with van der Waals surface area (Å²) >= 11 is 0. The number of hydrogen-bond acceptors (Lipinski definition) is 0. The second kappa shape index (κ2) is 56.2. The van der Waals surface area contributed by atoms with E-state index in [-0.39, 0.29) is 83.7 Å². The summed E-state index contributed by atoms with van der Waals surface area (Å²) in [5.41, 5.74) is 0. The molecule has 1 aliphatic rings. The molecule has 1 aromatic rings. The predicted octanol–water partition coefficient (Wildman–Crippen LogP) is 8.45. The molecule has 1 heterocycles. The first kappa shape index (κ1) is 63.5. The summed E-state index contributed by atoms with van der Waals surface area (Å²) < 4.78 is 0. The van der Waals surface area contributed by atoms with Gasteiger partial charge >= 0.3 is 0 Å². The molecular formula is C22H44Cl2NTi-9. The summed E-state index contributed by atoms with van der Waals surface area (Å²) in [6.07, 6.45) is 14.6. The molecule has 2 rings (SSSR count). The normalized spacial score (nSPS) is 7.69. The van der Waals surface area contributed by atoms with Crippen LogP contribution < -0.4 is 0 Å². The van der Waals surface area contributed by atoms with Crippen molar-refractivity contribution in [3.05, 3.63) is 97.8 Å². The van der Waals surface area contributed by atoms with Crippen LogP contribution in [-0.4, -0.2) is 4.98 Å². The topological polar surface area (TPSA) is 15.8 Å². The Kier molecular flexibility index (Phi) is 137. The Balaban J connectivity index is -0.0000000150. The number of aromatic amines is 1. The number of allylic oxidation sites excluding steroid dienone is 4. The van der Waals surface area contributed by atoms with Crippen molar-refractivity contribution in [1.29, 1.82) is 0 Å². The molecule has 0 unspecified atom stereocenters. The van der Waals surface area contributed by atoms with Crippen LogP contribution in [0.3, 0.4) is 0 Å². The first-order chi connectivity index (χ1) is 8.46. The summed E-state index contributed by atoms with van der Waals surface area (Å²) in [5, 5.41) is 0. The third-order valence-electron chi connectivity index (χ3n) is 1.03. The smallest absolute Gasteiger partial charge is 0 e. The molecule has 0 atom stereocenters. The van der Waals surface area contributed by atoms with Crippen molar-refractivity contribution in [3.63, 3.8) is 0 Å². The maximum atomic E-state index is 2.99. The maximum Gasteiger partial charge on any atom is 0 e. The van der Waals surface area contributed by atoms with E-state index in [0.717, 1.165) is 6.42 Å². The first-order valence-corrected chi connectivity index (χ1v) is 6.21. The second-order valence-electron chi connectivity index (χ2n) is 4.82. The molecule has 0 bridgehead atoms. The Labute approximate surface area is 196 Å². The van der Waals surface area contributed by atoms with Gasteiger partial charge in [0, 0.05) is 21.7 Å². The molecule has 164 valence electrons. The molecule has 0 aromatic carbocycles. The van der Waals surface area contributed by atoms with E-state index in [2.05, 4.69) is 64.9 Å². The fourth-order valence-electron chi connectivity index (χ4n) is 0.581. The zero-order chi connectivity index (χ0) is 14.2. The number of hydrogen-bond donors (Lipinski definition) is 1. The van der Waals surface area contributed by atoms with Crippen molar-refractivity contribution in [3.8, 4) is 0 Å². The van der Waals surface area contributed by atoms with Crippen molar-refractivity contribution in [2.75, 3.05) is 0 Å². The molecule has 0 saturated heterocycles. The zero-order valence-corrected chi connectivity index (χ0v) is 22.2. The van der Waals surface area contributed by atoms with Gasteiger partial charge in [0.05, 0.1) is 0 Å². The number of aromatic nitrogens is 1. The van der Waals surface area contributed by atoms with Gasteiger partial charge in [-0.1, -0.05) is 0 Å². The Morgan fingerprint density at radius 3 is 1.27 bits per heavy atom. The van der Waals surface area contributed by atoms with Crippen molar-refractivity contribution in [1.82, 2.24) is 4.98 Å². The van der Waals surface area contributed by atoms with E-state index in [0.29, 0.717) is 0 Å². The Morgan fingerprint density at radius 1 is 0.808 bits per heavy atom. The minimum atomic E-state index is 0. The van der Waals surface area contributed by atoms with E-state index < -0.39 is 0 Å². The quantitative estimate of drug-likeness (QED) is 0.307. The fourth-order valence-corrected chi connectivity index (χ4v) is 0.581. The van der Waals surface area contributed by atoms with Gasteiger partial charge in [0.2, 0.25) is 0 Å². The standard InChI is InChI=1S/C5H5.C4H4N.2C4H9.5CH3.2ClH.Ti/c2*1-2-4-5-3-1;2*1-4(2)3;;;;;;;;/h1-3H,4H2;1-3,5H;2*1-3H3;5*1H3;2*1H;/q9*-1;;;. The van der Waals surface area contributed by atoms with Gasteiger partial charge in [-0.05, 0) is 0 Å². The molecule has 1 N–H and O–H groups in total. The van der Waals surface area contributed by atoms with Crippen LogP contribution in [0.5, 0.6) is 0 Å². The fraction of sp³-hybridized carbons (Fsp3) is 0.318. The second-order valence-corrected chi connectivity index (χ2v) is 4.82.